The zero-order valence-electron chi connectivity index (χ0n) is 10.9. The smallest absolute Gasteiger partial charge is 0.0753 e. The summed E-state index contributed by atoms with van der Waals surface area (Å²) in [6, 6.07) is 0. The minimum atomic E-state index is -0.0118. The summed E-state index contributed by atoms with van der Waals surface area (Å²) in [5.41, 5.74) is 5.65. The number of nitrogens with zero attached hydrogens (tertiary/aromatic N) is 1. The molecule has 4 heteroatoms. The van der Waals surface area contributed by atoms with Crippen LogP contribution in [0.15, 0.2) is 0 Å². The number of rotatable bonds is 6. The quantitative estimate of drug-likeness (QED) is 0.735. The Hall–Kier alpha value is -0.160. The van der Waals surface area contributed by atoms with E-state index < -0.39 is 0 Å². The molecule has 1 atom stereocenters. The van der Waals surface area contributed by atoms with Crippen molar-refractivity contribution in [2.45, 2.75) is 38.9 Å². The van der Waals surface area contributed by atoms with Crippen LogP contribution in [0, 0.1) is 0 Å². The van der Waals surface area contributed by atoms with Crippen molar-refractivity contribution in [2.24, 2.45) is 5.73 Å². The molecular weight excluding hydrogens is 204 g/mol. The normalized spacial score (nSPS) is 23.2. The van der Waals surface area contributed by atoms with Gasteiger partial charge in [0.2, 0.25) is 0 Å². The SMILES string of the molecule is CCOC(CN)CCN1CCOC(C)(C)C1. The summed E-state index contributed by atoms with van der Waals surface area (Å²) < 4.78 is 11.2. The van der Waals surface area contributed by atoms with Crippen molar-refractivity contribution >= 4 is 0 Å². The van der Waals surface area contributed by atoms with Crippen LogP contribution in [-0.4, -0.2) is 56.0 Å². The molecule has 0 spiro atoms. The maximum absolute atomic E-state index is 5.68. The molecule has 1 saturated heterocycles. The fourth-order valence-electron chi connectivity index (χ4n) is 2.14. The Bertz CT molecular complexity index is 197. The van der Waals surface area contributed by atoms with Crippen LogP contribution in [0.2, 0.25) is 0 Å². The Morgan fingerprint density at radius 1 is 1.50 bits per heavy atom. The molecule has 0 radical (unpaired) electrons. The summed E-state index contributed by atoms with van der Waals surface area (Å²) in [6.45, 7) is 11.6. The Kier molecular flexibility index (Phi) is 5.69. The number of nitrogens with two attached hydrogens (primary N) is 1. The van der Waals surface area contributed by atoms with Gasteiger partial charge in [0, 0.05) is 32.8 Å². The number of hydrogen-bond donors (Lipinski definition) is 1. The predicted molar refractivity (Wildman–Crippen MR) is 65.6 cm³/mol. The molecular formula is C12H26N2O2. The van der Waals surface area contributed by atoms with Gasteiger partial charge in [-0.15, -0.1) is 0 Å². The molecule has 1 aliphatic heterocycles. The molecule has 2 N–H and O–H groups in total. The van der Waals surface area contributed by atoms with Gasteiger partial charge in [0.15, 0.2) is 0 Å². The topological polar surface area (TPSA) is 47.7 Å². The third-order valence-electron chi connectivity index (χ3n) is 2.94. The summed E-state index contributed by atoms with van der Waals surface area (Å²) in [5, 5.41) is 0. The van der Waals surface area contributed by atoms with Gasteiger partial charge < -0.3 is 15.2 Å². The minimum absolute atomic E-state index is 0.0118. The molecule has 1 unspecified atom stereocenters. The minimum Gasteiger partial charge on any atom is -0.377 e. The predicted octanol–water partition coefficient (Wildman–Crippen LogP) is 0.851. The zero-order chi connectivity index (χ0) is 12.0. The van der Waals surface area contributed by atoms with Crippen molar-refractivity contribution in [3.63, 3.8) is 0 Å². The van der Waals surface area contributed by atoms with Gasteiger partial charge in [-0.25, -0.2) is 0 Å². The van der Waals surface area contributed by atoms with Gasteiger partial charge in [-0.2, -0.15) is 0 Å². The Morgan fingerprint density at radius 3 is 2.81 bits per heavy atom. The maximum atomic E-state index is 5.68. The third kappa shape index (κ3) is 4.78. The van der Waals surface area contributed by atoms with Gasteiger partial charge in [-0.05, 0) is 27.2 Å². The third-order valence-corrected chi connectivity index (χ3v) is 2.94. The molecule has 0 saturated carbocycles. The highest BCUT2D eigenvalue weighted by Crippen LogP contribution is 2.16. The first kappa shape index (κ1) is 13.9. The van der Waals surface area contributed by atoms with Crippen LogP contribution in [0.5, 0.6) is 0 Å². The van der Waals surface area contributed by atoms with Crippen LogP contribution in [0.4, 0.5) is 0 Å². The first-order chi connectivity index (χ1) is 7.57. The van der Waals surface area contributed by atoms with E-state index in [1.165, 1.54) is 0 Å². The molecule has 1 heterocycles. The second-order valence-electron chi connectivity index (χ2n) is 4.99. The van der Waals surface area contributed by atoms with Crippen molar-refractivity contribution < 1.29 is 9.47 Å². The molecule has 16 heavy (non-hydrogen) atoms. The van der Waals surface area contributed by atoms with Crippen LogP contribution >= 0.6 is 0 Å². The van der Waals surface area contributed by atoms with E-state index in [9.17, 15) is 0 Å². The summed E-state index contributed by atoms with van der Waals surface area (Å²) in [5.74, 6) is 0. The summed E-state index contributed by atoms with van der Waals surface area (Å²) in [6.07, 6.45) is 1.22. The number of morpholine rings is 1. The lowest BCUT2D eigenvalue weighted by molar-refractivity contribution is -0.0886. The van der Waals surface area contributed by atoms with E-state index in [-0.39, 0.29) is 11.7 Å². The lowest BCUT2D eigenvalue weighted by Crippen LogP contribution is -2.49. The van der Waals surface area contributed by atoms with E-state index >= 15 is 0 Å². The van der Waals surface area contributed by atoms with Gasteiger partial charge >= 0.3 is 0 Å². The highest BCUT2D eigenvalue weighted by atomic mass is 16.5. The first-order valence-electron chi connectivity index (χ1n) is 6.25. The second kappa shape index (κ2) is 6.55. The Labute approximate surface area is 99.1 Å². The molecule has 0 bridgehead atoms. The van der Waals surface area contributed by atoms with E-state index in [4.69, 9.17) is 15.2 Å². The molecule has 0 amide bonds. The summed E-state index contributed by atoms with van der Waals surface area (Å²) >= 11 is 0. The van der Waals surface area contributed by atoms with Crippen molar-refractivity contribution in [3.05, 3.63) is 0 Å². The van der Waals surface area contributed by atoms with Crippen LogP contribution in [0.1, 0.15) is 27.2 Å². The molecule has 96 valence electrons. The Morgan fingerprint density at radius 2 is 2.25 bits per heavy atom. The first-order valence-corrected chi connectivity index (χ1v) is 6.25. The highest BCUT2D eigenvalue weighted by Gasteiger charge is 2.27. The van der Waals surface area contributed by atoms with E-state index in [0.717, 1.165) is 39.3 Å². The lowest BCUT2D eigenvalue weighted by atomic mass is 10.1. The molecule has 4 nitrogen and oxygen atoms in total. The molecule has 1 fully saturated rings. The largest absolute Gasteiger partial charge is 0.377 e. The highest BCUT2D eigenvalue weighted by molar-refractivity contribution is 4.79. The van der Waals surface area contributed by atoms with Crippen molar-refractivity contribution in [3.8, 4) is 0 Å². The molecule has 0 aromatic heterocycles. The standard InChI is InChI=1S/C12H26N2O2/c1-4-15-11(9-13)5-6-14-7-8-16-12(2,3)10-14/h11H,4-10,13H2,1-3H3. The van der Waals surface area contributed by atoms with Gasteiger partial charge in [0.1, 0.15) is 0 Å². The van der Waals surface area contributed by atoms with E-state index in [1.807, 2.05) is 6.92 Å². The fourth-order valence-corrected chi connectivity index (χ4v) is 2.14. The zero-order valence-corrected chi connectivity index (χ0v) is 10.9. The van der Waals surface area contributed by atoms with Gasteiger partial charge in [-0.1, -0.05) is 0 Å². The van der Waals surface area contributed by atoms with Crippen LogP contribution in [-0.2, 0) is 9.47 Å². The second-order valence-corrected chi connectivity index (χ2v) is 4.99. The van der Waals surface area contributed by atoms with Crippen molar-refractivity contribution in [1.29, 1.82) is 0 Å². The average Bonchev–Trinajstić information content (AvgIpc) is 2.23. The molecule has 0 aromatic carbocycles. The summed E-state index contributed by atoms with van der Waals surface area (Å²) in [7, 11) is 0. The number of hydrogen-bond acceptors (Lipinski definition) is 4. The maximum Gasteiger partial charge on any atom is 0.0753 e. The van der Waals surface area contributed by atoms with Crippen molar-refractivity contribution in [1.82, 2.24) is 4.90 Å². The van der Waals surface area contributed by atoms with E-state index in [0.29, 0.717) is 6.54 Å². The van der Waals surface area contributed by atoms with Gasteiger partial charge in [-0.3, -0.25) is 4.90 Å². The van der Waals surface area contributed by atoms with Crippen LogP contribution in [0.3, 0.4) is 0 Å². The monoisotopic (exact) mass is 230 g/mol. The van der Waals surface area contributed by atoms with E-state index in [2.05, 4.69) is 18.7 Å². The Balaban J connectivity index is 2.26. The van der Waals surface area contributed by atoms with Gasteiger partial charge in [0.25, 0.3) is 0 Å². The van der Waals surface area contributed by atoms with Crippen LogP contribution < -0.4 is 5.73 Å². The molecule has 1 aliphatic rings. The molecule has 0 aliphatic carbocycles. The van der Waals surface area contributed by atoms with Crippen molar-refractivity contribution in [2.75, 3.05) is 39.4 Å². The number of ether oxygens (including phenoxy) is 2. The fraction of sp³-hybridized carbons (Fsp3) is 1.00. The summed E-state index contributed by atoms with van der Waals surface area (Å²) in [4.78, 5) is 2.44. The molecule has 1 rings (SSSR count). The van der Waals surface area contributed by atoms with Gasteiger partial charge in [0.05, 0.1) is 18.3 Å². The molecule has 0 aromatic rings. The van der Waals surface area contributed by atoms with E-state index in [1.54, 1.807) is 0 Å². The lowest BCUT2D eigenvalue weighted by Gasteiger charge is -2.38. The average molecular weight is 230 g/mol. The van der Waals surface area contributed by atoms with Crippen LogP contribution in [0.25, 0.3) is 0 Å².